The Morgan fingerprint density at radius 3 is 2.34 bits per heavy atom. The second-order valence-electron chi connectivity index (χ2n) is 7.62. The van der Waals surface area contributed by atoms with Crippen molar-refractivity contribution in [2.24, 2.45) is 0 Å². The van der Waals surface area contributed by atoms with E-state index in [1.54, 1.807) is 49.4 Å². The molecule has 3 aromatic carbocycles. The van der Waals surface area contributed by atoms with Gasteiger partial charge in [-0.15, -0.1) is 11.8 Å². The number of hydrogen-bond donors (Lipinski definition) is 2. The lowest BCUT2D eigenvalue weighted by molar-refractivity contribution is -0.121. The van der Waals surface area contributed by atoms with E-state index in [-0.39, 0.29) is 30.9 Å². The third-order valence-electron chi connectivity index (χ3n) is 5.14. The summed E-state index contributed by atoms with van der Waals surface area (Å²) in [4.78, 5) is 51.6. The van der Waals surface area contributed by atoms with E-state index in [9.17, 15) is 19.2 Å². The summed E-state index contributed by atoms with van der Waals surface area (Å²) >= 11 is 1.26. The molecule has 0 spiro atoms. The molecule has 0 aromatic heterocycles. The van der Waals surface area contributed by atoms with E-state index < -0.39 is 11.2 Å². The average molecular weight is 490 g/mol. The molecule has 8 nitrogen and oxygen atoms in total. The summed E-state index contributed by atoms with van der Waals surface area (Å²) in [6.45, 7) is 1.98. The van der Waals surface area contributed by atoms with Crippen LogP contribution in [0.25, 0.3) is 0 Å². The van der Waals surface area contributed by atoms with Crippen molar-refractivity contribution in [2.75, 3.05) is 22.1 Å². The van der Waals surface area contributed by atoms with E-state index in [4.69, 9.17) is 4.74 Å². The molecule has 0 unspecified atom stereocenters. The standard InChI is InChI=1S/C26H23N3O5S/c1-2-34-25(32)17-11-13-20(14-12-17)29-23(30)16-22(24(29)31)35-21-10-6-9-19(15-21)28-26(33)27-18-7-4-3-5-8-18/h3-15,22H,2,16H2,1H3,(H2,27,28,33)/t22-/m0/s1. The Morgan fingerprint density at radius 1 is 0.943 bits per heavy atom. The minimum Gasteiger partial charge on any atom is -0.462 e. The molecule has 1 saturated heterocycles. The van der Waals surface area contributed by atoms with E-state index in [0.29, 0.717) is 22.6 Å². The van der Waals surface area contributed by atoms with Crippen molar-refractivity contribution in [3.05, 3.63) is 84.4 Å². The van der Waals surface area contributed by atoms with Crippen LogP contribution in [-0.4, -0.2) is 35.7 Å². The van der Waals surface area contributed by atoms with E-state index in [0.717, 1.165) is 9.80 Å². The number of thioether (sulfide) groups is 1. The lowest BCUT2D eigenvalue weighted by Crippen LogP contribution is -2.31. The van der Waals surface area contributed by atoms with Crippen LogP contribution in [0.5, 0.6) is 0 Å². The molecule has 2 N–H and O–H groups in total. The van der Waals surface area contributed by atoms with Gasteiger partial charge in [0.1, 0.15) is 0 Å². The number of imide groups is 1. The molecule has 4 rings (SSSR count). The summed E-state index contributed by atoms with van der Waals surface area (Å²) in [7, 11) is 0. The fourth-order valence-corrected chi connectivity index (χ4v) is 4.67. The fourth-order valence-electron chi connectivity index (χ4n) is 3.55. The van der Waals surface area contributed by atoms with Crippen LogP contribution in [0.4, 0.5) is 21.9 Å². The Hall–Kier alpha value is -4.11. The molecule has 0 aliphatic carbocycles. The van der Waals surface area contributed by atoms with Gasteiger partial charge in [0.05, 0.1) is 23.1 Å². The van der Waals surface area contributed by atoms with Crippen molar-refractivity contribution in [1.82, 2.24) is 0 Å². The maximum Gasteiger partial charge on any atom is 0.338 e. The van der Waals surface area contributed by atoms with Crippen LogP contribution in [-0.2, 0) is 14.3 Å². The quantitative estimate of drug-likeness (QED) is 0.360. The highest BCUT2D eigenvalue weighted by Gasteiger charge is 2.40. The van der Waals surface area contributed by atoms with Gasteiger partial charge in [-0.25, -0.2) is 14.5 Å². The lowest BCUT2D eigenvalue weighted by atomic mass is 10.2. The average Bonchev–Trinajstić information content (AvgIpc) is 3.12. The van der Waals surface area contributed by atoms with Gasteiger partial charge < -0.3 is 15.4 Å². The molecule has 1 aliphatic heterocycles. The molecule has 0 bridgehead atoms. The van der Waals surface area contributed by atoms with Crippen molar-refractivity contribution in [2.45, 2.75) is 23.5 Å². The topological polar surface area (TPSA) is 105 Å². The molecule has 4 amide bonds. The molecule has 3 aromatic rings. The summed E-state index contributed by atoms with van der Waals surface area (Å²) < 4.78 is 4.96. The Bertz CT molecular complexity index is 1250. The van der Waals surface area contributed by atoms with E-state index in [2.05, 4.69) is 10.6 Å². The number of benzene rings is 3. The Labute approximate surface area is 206 Å². The third kappa shape index (κ3) is 5.88. The predicted octanol–water partition coefficient (Wildman–Crippen LogP) is 4.93. The van der Waals surface area contributed by atoms with Gasteiger partial charge in [-0.1, -0.05) is 24.3 Å². The van der Waals surface area contributed by atoms with E-state index in [1.807, 2.05) is 24.3 Å². The molecule has 0 saturated carbocycles. The number of amides is 4. The van der Waals surface area contributed by atoms with Crippen LogP contribution in [0.2, 0.25) is 0 Å². The van der Waals surface area contributed by atoms with Gasteiger partial charge in [0.2, 0.25) is 11.8 Å². The largest absolute Gasteiger partial charge is 0.462 e. The fraction of sp³-hybridized carbons (Fsp3) is 0.154. The SMILES string of the molecule is CCOC(=O)c1ccc(N2C(=O)C[C@H](Sc3cccc(NC(=O)Nc4ccccc4)c3)C2=O)cc1. The maximum atomic E-state index is 13.0. The minimum absolute atomic E-state index is 0.0509. The highest BCUT2D eigenvalue weighted by atomic mass is 32.2. The number of nitrogens with one attached hydrogen (secondary N) is 2. The number of carbonyl (C=O) groups excluding carboxylic acids is 4. The molecule has 1 aliphatic rings. The smallest absolute Gasteiger partial charge is 0.338 e. The van der Waals surface area contributed by atoms with Gasteiger partial charge in [-0.3, -0.25) is 9.59 Å². The molecule has 0 radical (unpaired) electrons. The number of hydrogen-bond acceptors (Lipinski definition) is 6. The number of nitrogens with zero attached hydrogens (tertiary/aromatic N) is 1. The number of urea groups is 1. The van der Waals surface area contributed by atoms with Crippen LogP contribution in [0.1, 0.15) is 23.7 Å². The van der Waals surface area contributed by atoms with Crippen molar-refractivity contribution < 1.29 is 23.9 Å². The molecular formula is C26H23N3O5S. The van der Waals surface area contributed by atoms with Crippen LogP contribution >= 0.6 is 11.8 Å². The first-order chi connectivity index (χ1) is 16.9. The zero-order valence-electron chi connectivity index (χ0n) is 18.9. The highest BCUT2D eigenvalue weighted by molar-refractivity contribution is 8.00. The molecular weight excluding hydrogens is 466 g/mol. The summed E-state index contributed by atoms with van der Waals surface area (Å²) in [5.41, 5.74) is 1.98. The maximum absolute atomic E-state index is 13.0. The first kappa shape index (κ1) is 24.0. The summed E-state index contributed by atoms with van der Waals surface area (Å²) in [6, 6.07) is 22.0. The minimum atomic E-state index is -0.597. The normalized spacial score (nSPS) is 15.1. The number of anilines is 3. The first-order valence-corrected chi connectivity index (χ1v) is 11.9. The molecule has 1 heterocycles. The third-order valence-corrected chi connectivity index (χ3v) is 6.32. The van der Waals surface area contributed by atoms with Gasteiger partial charge in [-0.05, 0) is 61.5 Å². The van der Waals surface area contributed by atoms with Gasteiger partial charge >= 0.3 is 12.0 Å². The number of esters is 1. The second kappa shape index (κ2) is 10.9. The van der Waals surface area contributed by atoms with Gasteiger partial charge in [-0.2, -0.15) is 0 Å². The van der Waals surface area contributed by atoms with Crippen molar-refractivity contribution in [3.63, 3.8) is 0 Å². The zero-order valence-corrected chi connectivity index (χ0v) is 19.7. The summed E-state index contributed by atoms with van der Waals surface area (Å²) in [6.07, 6.45) is 0.0509. The summed E-state index contributed by atoms with van der Waals surface area (Å²) in [5, 5.41) is 4.92. The lowest BCUT2D eigenvalue weighted by Gasteiger charge is -2.15. The Kier molecular flexibility index (Phi) is 7.47. The number of carbonyl (C=O) groups is 4. The van der Waals surface area contributed by atoms with Crippen molar-refractivity contribution in [1.29, 1.82) is 0 Å². The van der Waals surface area contributed by atoms with Crippen LogP contribution in [0.15, 0.2) is 83.8 Å². The predicted molar refractivity (Wildman–Crippen MR) is 135 cm³/mol. The molecule has 178 valence electrons. The van der Waals surface area contributed by atoms with Gasteiger partial charge in [0.15, 0.2) is 0 Å². The Morgan fingerprint density at radius 2 is 1.63 bits per heavy atom. The first-order valence-electron chi connectivity index (χ1n) is 11.0. The number of rotatable bonds is 7. The van der Waals surface area contributed by atoms with Gasteiger partial charge in [0.25, 0.3) is 0 Å². The second-order valence-corrected chi connectivity index (χ2v) is 8.89. The van der Waals surface area contributed by atoms with E-state index >= 15 is 0 Å². The highest BCUT2D eigenvalue weighted by Crippen LogP contribution is 2.35. The number of para-hydroxylation sites is 1. The van der Waals surface area contributed by atoms with Crippen LogP contribution in [0, 0.1) is 0 Å². The van der Waals surface area contributed by atoms with Gasteiger partial charge in [0, 0.05) is 22.7 Å². The monoisotopic (exact) mass is 489 g/mol. The molecule has 9 heteroatoms. The molecule has 1 atom stereocenters. The Balaban J connectivity index is 1.40. The van der Waals surface area contributed by atoms with Crippen LogP contribution < -0.4 is 15.5 Å². The van der Waals surface area contributed by atoms with Crippen LogP contribution in [0.3, 0.4) is 0 Å². The summed E-state index contributed by atoms with van der Waals surface area (Å²) in [5.74, 6) is -1.10. The van der Waals surface area contributed by atoms with Crippen molar-refractivity contribution >= 4 is 52.6 Å². The number of ether oxygens (including phenoxy) is 1. The van der Waals surface area contributed by atoms with E-state index in [1.165, 1.54) is 23.9 Å². The zero-order chi connectivity index (χ0) is 24.8. The molecule has 1 fully saturated rings. The molecule has 35 heavy (non-hydrogen) atoms. The van der Waals surface area contributed by atoms with Crippen molar-refractivity contribution in [3.8, 4) is 0 Å².